The van der Waals surface area contributed by atoms with E-state index in [1.165, 1.54) is 135 Å². The van der Waals surface area contributed by atoms with E-state index in [1.807, 2.05) is 6.08 Å². The molecule has 0 heterocycles. The lowest BCUT2D eigenvalue weighted by atomic mass is 10.0. The predicted molar refractivity (Wildman–Crippen MR) is 227 cm³/mol. The van der Waals surface area contributed by atoms with Crippen LogP contribution in [-0.4, -0.2) is 47.4 Å². The standard InChI is InChI=1S/C47H89NO5/c1-3-5-7-9-11-13-15-16-17-18-20-25-29-33-37-41-47(52)53-42-38-34-30-26-22-21-24-28-32-36-40-46(51)48-44(43-49)45(50)39-35-31-27-23-19-14-12-10-8-6-4-2/h22,26,35,39,44-45,49-50H,3-21,23-25,27-34,36-38,40-43H2,1-2H3,(H,48,51)/b26-22-,39-35+. The van der Waals surface area contributed by atoms with Gasteiger partial charge in [-0.1, -0.05) is 192 Å². The molecule has 0 saturated heterocycles. The average molecular weight is 748 g/mol. The summed E-state index contributed by atoms with van der Waals surface area (Å²) in [5.41, 5.74) is 0. The lowest BCUT2D eigenvalue weighted by Gasteiger charge is -2.20. The SMILES string of the molecule is CCCCCCCCCCC/C=C/C(O)C(CO)NC(=O)CCCCCC/C=C\CCCCOC(=O)CCCCCCCCCCCCCCCCC. The Morgan fingerprint density at radius 2 is 0.887 bits per heavy atom. The van der Waals surface area contributed by atoms with Crippen LogP contribution in [-0.2, 0) is 14.3 Å². The van der Waals surface area contributed by atoms with E-state index < -0.39 is 12.1 Å². The van der Waals surface area contributed by atoms with Crippen molar-refractivity contribution in [1.29, 1.82) is 0 Å². The molecule has 0 aromatic rings. The lowest BCUT2D eigenvalue weighted by molar-refractivity contribution is -0.143. The maximum Gasteiger partial charge on any atom is 0.305 e. The van der Waals surface area contributed by atoms with E-state index in [-0.39, 0.29) is 18.5 Å². The number of unbranched alkanes of at least 4 members (excludes halogenated alkanes) is 29. The van der Waals surface area contributed by atoms with E-state index in [9.17, 15) is 19.8 Å². The maximum absolute atomic E-state index is 12.4. The summed E-state index contributed by atoms with van der Waals surface area (Å²) in [6.07, 6.45) is 48.8. The van der Waals surface area contributed by atoms with Gasteiger partial charge >= 0.3 is 5.97 Å². The molecule has 0 radical (unpaired) electrons. The van der Waals surface area contributed by atoms with E-state index >= 15 is 0 Å². The second kappa shape index (κ2) is 43.1. The number of ether oxygens (including phenoxy) is 1. The summed E-state index contributed by atoms with van der Waals surface area (Å²) in [5.74, 6) is -0.142. The number of nitrogens with one attached hydrogen (secondary N) is 1. The van der Waals surface area contributed by atoms with Crippen molar-refractivity contribution in [2.75, 3.05) is 13.2 Å². The summed E-state index contributed by atoms with van der Waals surface area (Å²) in [7, 11) is 0. The Balaban J connectivity index is 3.55. The zero-order valence-electron chi connectivity index (χ0n) is 35.2. The van der Waals surface area contributed by atoms with Crippen LogP contribution in [0.2, 0.25) is 0 Å². The van der Waals surface area contributed by atoms with Crippen molar-refractivity contribution < 1.29 is 24.5 Å². The van der Waals surface area contributed by atoms with Crippen LogP contribution in [0.5, 0.6) is 0 Å². The van der Waals surface area contributed by atoms with Crippen molar-refractivity contribution in [3.8, 4) is 0 Å². The van der Waals surface area contributed by atoms with Crippen LogP contribution in [0.25, 0.3) is 0 Å². The van der Waals surface area contributed by atoms with Crippen molar-refractivity contribution in [3.63, 3.8) is 0 Å². The molecule has 3 N–H and O–H groups in total. The number of aliphatic hydroxyl groups is 2. The molecule has 6 nitrogen and oxygen atoms in total. The molecule has 0 saturated carbocycles. The van der Waals surface area contributed by atoms with Gasteiger partial charge in [0.1, 0.15) is 0 Å². The Kier molecular flexibility index (Phi) is 41.7. The Morgan fingerprint density at radius 1 is 0.509 bits per heavy atom. The topological polar surface area (TPSA) is 95.9 Å². The summed E-state index contributed by atoms with van der Waals surface area (Å²) in [5, 5.41) is 22.9. The fourth-order valence-corrected chi connectivity index (χ4v) is 6.86. The molecular formula is C47H89NO5. The van der Waals surface area contributed by atoms with Crippen molar-refractivity contribution >= 4 is 11.9 Å². The first-order valence-electron chi connectivity index (χ1n) is 23.1. The number of aliphatic hydroxyl groups excluding tert-OH is 2. The Labute approximate surface area is 329 Å². The Hall–Kier alpha value is -1.66. The molecule has 0 rings (SSSR count). The second-order valence-electron chi connectivity index (χ2n) is 15.7. The van der Waals surface area contributed by atoms with Crippen LogP contribution in [0, 0.1) is 0 Å². The normalized spacial score (nSPS) is 12.9. The highest BCUT2D eigenvalue weighted by molar-refractivity contribution is 5.76. The fourth-order valence-electron chi connectivity index (χ4n) is 6.86. The van der Waals surface area contributed by atoms with Gasteiger partial charge in [0.25, 0.3) is 0 Å². The minimum Gasteiger partial charge on any atom is -0.466 e. The predicted octanol–water partition coefficient (Wildman–Crippen LogP) is 13.2. The van der Waals surface area contributed by atoms with Crippen LogP contribution >= 0.6 is 0 Å². The van der Waals surface area contributed by atoms with Crippen molar-refractivity contribution in [3.05, 3.63) is 24.3 Å². The molecule has 53 heavy (non-hydrogen) atoms. The lowest BCUT2D eigenvalue weighted by Crippen LogP contribution is -2.45. The number of esters is 1. The first-order valence-corrected chi connectivity index (χ1v) is 23.1. The van der Waals surface area contributed by atoms with Crippen LogP contribution in [0.4, 0.5) is 0 Å². The van der Waals surface area contributed by atoms with Crippen molar-refractivity contribution in [2.24, 2.45) is 0 Å². The van der Waals surface area contributed by atoms with Gasteiger partial charge in [0, 0.05) is 12.8 Å². The van der Waals surface area contributed by atoms with Crippen LogP contribution in [0.3, 0.4) is 0 Å². The summed E-state index contributed by atoms with van der Waals surface area (Å²) in [6.45, 7) is 4.79. The van der Waals surface area contributed by atoms with Crippen LogP contribution < -0.4 is 5.32 Å². The van der Waals surface area contributed by atoms with Crippen molar-refractivity contribution in [1.82, 2.24) is 5.32 Å². The average Bonchev–Trinajstić information content (AvgIpc) is 3.16. The molecule has 6 heteroatoms. The number of hydrogen-bond donors (Lipinski definition) is 3. The molecule has 0 aromatic carbocycles. The van der Waals surface area contributed by atoms with E-state index in [2.05, 4.69) is 31.3 Å². The van der Waals surface area contributed by atoms with Crippen LogP contribution in [0.15, 0.2) is 24.3 Å². The smallest absolute Gasteiger partial charge is 0.305 e. The molecule has 0 fully saturated rings. The zero-order valence-corrected chi connectivity index (χ0v) is 35.2. The first kappa shape index (κ1) is 51.3. The number of allylic oxidation sites excluding steroid dienone is 3. The van der Waals surface area contributed by atoms with Gasteiger partial charge in [-0.15, -0.1) is 0 Å². The molecule has 0 aliphatic heterocycles. The van der Waals surface area contributed by atoms with E-state index in [1.54, 1.807) is 6.08 Å². The van der Waals surface area contributed by atoms with Gasteiger partial charge in [-0.25, -0.2) is 0 Å². The molecule has 2 atom stereocenters. The number of amides is 1. The number of carbonyl (C=O) groups is 2. The molecule has 0 aromatic heterocycles. The van der Waals surface area contributed by atoms with Gasteiger partial charge in [-0.3, -0.25) is 9.59 Å². The fraction of sp³-hybridized carbons (Fsp3) is 0.872. The monoisotopic (exact) mass is 748 g/mol. The zero-order chi connectivity index (χ0) is 38.7. The minimum absolute atomic E-state index is 0.0366. The summed E-state index contributed by atoms with van der Waals surface area (Å²) < 4.78 is 5.42. The van der Waals surface area contributed by atoms with Crippen LogP contribution in [0.1, 0.15) is 239 Å². The van der Waals surface area contributed by atoms with E-state index in [0.717, 1.165) is 77.0 Å². The van der Waals surface area contributed by atoms with Gasteiger partial charge in [-0.2, -0.15) is 0 Å². The third-order valence-electron chi connectivity index (χ3n) is 10.5. The highest BCUT2D eigenvalue weighted by atomic mass is 16.5. The molecule has 2 unspecified atom stereocenters. The quantitative estimate of drug-likeness (QED) is 0.0328. The molecule has 1 amide bonds. The molecule has 0 bridgehead atoms. The molecule has 312 valence electrons. The summed E-state index contributed by atoms with van der Waals surface area (Å²) in [4.78, 5) is 24.4. The first-order chi connectivity index (χ1) is 26.0. The molecule has 0 aliphatic rings. The van der Waals surface area contributed by atoms with Crippen molar-refractivity contribution in [2.45, 2.75) is 251 Å². The highest BCUT2D eigenvalue weighted by Crippen LogP contribution is 2.15. The largest absolute Gasteiger partial charge is 0.466 e. The van der Waals surface area contributed by atoms with E-state index in [0.29, 0.717) is 19.4 Å². The molecule has 0 aliphatic carbocycles. The third-order valence-corrected chi connectivity index (χ3v) is 10.5. The minimum atomic E-state index is -0.863. The summed E-state index contributed by atoms with van der Waals surface area (Å²) >= 11 is 0. The van der Waals surface area contributed by atoms with Gasteiger partial charge < -0.3 is 20.3 Å². The van der Waals surface area contributed by atoms with E-state index in [4.69, 9.17) is 4.74 Å². The number of carbonyl (C=O) groups excluding carboxylic acids is 2. The molecule has 0 spiro atoms. The van der Waals surface area contributed by atoms with Gasteiger partial charge in [-0.05, 0) is 57.8 Å². The van der Waals surface area contributed by atoms with Gasteiger partial charge in [0.15, 0.2) is 0 Å². The maximum atomic E-state index is 12.4. The number of rotatable bonds is 42. The Bertz CT molecular complexity index is 828. The number of hydrogen-bond acceptors (Lipinski definition) is 5. The van der Waals surface area contributed by atoms with Gasteiger partial charge in [0.05, 0.1) is 25.4 Å². The third kappa shape index (κ3) is 39.8. The summed E-state index contributed by atoms with van der Waals surface area (Å²) in [6, 6.07) is -0.650. The highest BCUT2D eigenvalue weighted by Gasteiger charge is 2.18. The molecular weight excluding hydrogens is 659 g/mol. The second-order valence-corrected chi connectivity index (χ2v) is 15.7. The van der Waals surface area contributed by atoms with Gasteiger partial charge in [0.2, 0.25) is 5.91 Å². The Morgan fingerprint density at radius 3 is 1.34 bits per heavy atom.